The Bertz CT molecular complexity index is 332. The van der Waals surface area contributed by atoms with Gasteiger partial charge in [-0.15, -0.1) is 0 Å². The lowest BCUT2D eigenvalue weighted by Gasteiger charge is -2.16. The van der Waals surface area contributed by atoms with Gasteiger partial charge in [-0.2, -0.15) is 0 Å². The summed E-state index contributed by atoms with van der Waals surface area (Å²) in [7, 11) is 1.61. The number of amides is 1. The molecule has 0 aromatic carbocycles. The van der Waals surface area contributed by atoms with Crippen molar-refractivity contribution < 1.29 is 13.9 Å². The summed E-state index contributed by atoms with van der Waals surface area (Å²) in [5.74, 6) is -0.0374. The molecule has 1 aromatic heterocycles. The van der Waals surface area contributed by atoms with Gasteiger partial charge in [-0.25, -0.2) is 0 Å². The second kappa shape index (κ2) is 6.55. The summed E-state index contributed by atoms with van der Waals surface area (Å²) in [6, 6.07) is 3.10. The number of nitrogens with one attached hydrogen (secondary N) is 1. The van der Waals surface area contributed by atoms with Crippen LogP contribution in [0.15, 0.2) is 16.5 Å². The van der Waals surface area contributed by atoms with Crippen LogP contribution in [0.2, 0.25) is 5.22 Å². The van der Waals surface area contributed by atoms with Crippen molar-refractivity contribution in [2.75, 3.05) is 13.7 Å². The number of methoxy groups -OCH3 is 1. The third-order valence-corrected chi connectivity index (χ3v) is 2.34. The van der Waals surface area contributed by atoms with Crippen LogP contribution in [0.4, 0.5) is 0 Å². The summed E-state index contributed by atoms with van der Waals surface area (Å²) in [6.45, 7) is 2.55. The van der Waals surface area contributed by atoms with E-state index in [0.717, 1.165) is 12.8 Å². The Balaban J connectivity index is 2.54. The highest BCUT2D eigenvalue weighted by Crippen LogP contribution is 2.13. The number of furan rings is 1. The molecule has 5 heteroatoms. The number of rotatable bonds is 6. The zero-order chi connectivity index (χ0) is 12.0. The molecule has 1 aromatic rings. The Morgan fingerprint density at radius 2 is 2.38 bits per heavy atom. The quantitative estimate of drug-likeness (QED) is 0.838. The Morgan fingerprint density at radius 3 is 2.88 bits per heavy atom. The molecule has 0 aliphatic rings. The molecule has 16 heavy (non-hydrogen) atoms. The Labute approximate surface area is 99.9 Å². The van der Waals surface area contributed by atoms with Crippen molar-refractivity contribution in [3.63, 3.8) is 0 Å². The first kappa shape index (κ1) is 13.1. The van der Waals surface area contributed by atoms with Crippen molar-refractivity contribution >= 4 is 17.5 Å². The number of ether oxygens (including phenoxy) is 1. The van der Waals surface area contributed by atoms with Gasteiger partial charge in [0.05, 0.1) is 12.6 Å². The first-order valence-electron chi connectivity index (χ1n) is 5.22. The molecule has 1 unspecified atom stereocenters. The minimum atomic E-state index is -0.262. The van der Waals surface area contributed by atoms with E-state index in [9.17, 15) is 4.79 Å². The molecule has 4 nitrogen and oxygen atoms in total. The normalized spacial score (nSPS) is 12.4. The minimum absolute atomic E-state index is 0.00590. The lowest BCUT2D eigenvalue weighted by molar-refractivity contribution is 0.0864. The van der Waals surface area contributed by atoms with Crippen molar-refractivity contribution in [1.29, 1.82) is 0 Å². The third kappa shape index (κ3) is 3.87. The van der Waals surface area contributed by atoms with Crippen LogP contribution in [0.25, 0.3) is 0 Å². The Kier molecular flexibility index (Phi) is 5.35. The van der Waals surface area contributed by atoms with Crippen LogP contribution in [0.5, 0.6) is 0 Å². The van der Waals surface area contributed by atoms with Gasteiger partial charge in [-0.3, -0.25) is 4.79 Å². The van der Waals surface area contributed by atoms with Crippen LogP contribution in [0.1, 0.15) is 30.3 Å². The summed E-state index contributed by atoms with van der Waals surface area (Å²) >= 11 is 5.59. The maximum absolute atomic E-state index is 11.7. The summed E-state index contributed by atoms with van der Waals surface area (Å²) in [5.41, 5.74) is 0. The molecule has 90 valence electrons. The van der Waals surface area contributed by atoms with Crippen LogP contribution in [0.3, 0.4) is 0 Å². The van der Waals surface area contributed by atoms with Crippen molar-refractivity contribution in [3.05, 3.63) is 23.1 Å². The molecule has 1 N–H and O–H groups in total. The van der Waals surface area contributed by atoms with E-state index in [-0.39, 0.29) is 22.9 Å². The van der Waals surface area contributed by atoms with Crippen molar-refractivity contribution in [2.24, 2.45) is 0 Å². The van der Waals surface area contributed by atoms with E-state index >= 15 is 0 Å². The topological polar surface area (TPSA) is 51.5 Å². The third-order valence-electron chi connectivity index (χ3n) is 2.14. The van der Waals surface area contributed by atoms with Crippen molar-refractivity contribution in [1.82, 2.24) is 5.32 Å². The molecule has 1 amide bonds. The zero-order valence-corrected chi connectivity index (χ0v) is 10.2. The van der Waals surface area contributed by atoms with Gasteiger partial charge in [0.1, 0.15) is 0 Å². The first-order chi connectivity index (χ1) is 7.67. The molecule has 0 saturated carbocycles. The predicted molar refractivity (Wildman–Crippen MR) is 61.8 cm³/mol. The zero-order valence-electron chi connectivity index (χ0n) is 9.46. The molecule has 0 aliphatic carbocycles. The van der Waals surface area contributed by atoms with Gasteiger partial charge in [-0.1, -0.05) is 13.3 Å². The summed E-state index contributed by atoms with van der Waals surface area (Å²) in [5, 5.41) is 3.04. The van der Waals surface area contributed by atoms with E-state index in [4.69, 9.17) is 20.8 Å². The van der Waals surface area contributed by atoms with E-state index < -0.39 is 0 Å². The lowest BCUT2D eigenvalue weighted by atomic mass is 10.2. The van der Waals surface area contributed by atoms with Crippen molar-refractivity contribution in [3.8, 4) is 0 Å². The molecule has 0 radical (unpaired) electrons. The molecule has 1 heterocycles. The second-order valence-electron chi connectivity index (χ2n) is 3.52. The summed E-state index contributed by atoms with van der Waals surface area (Å²) in [6.07, 6.45) is 1.85. The number of hydrogen-bond acceptors (Lipinski definition) is 3. The number of carbonyl (C=O) groups is 1. The van der Waals surface area contributed by atoms with Crippen LogP contribution in [-0.2, 0) is 4.74 Å². The minimum Gasteiger partial charge on any atom is -0.440 e. The van der Waals surface area contributed by atoms with Crippen LogP contribution in [-0.4, -0.2) is 25.7 Å². The molecule has 1 atom stereocenters. The van der Waals surface area contributed by atoms with Gasteiger partial charge in [0.25, 0.3) is 5.91 Å². The second-order valence-corrected chi connectivity index (χ2v) is 3.89. The standard InChI is InChI=1S/C11H16ClNO3/c1-3-4-8(7-15-2)13-11(14)9-5-6-10(12)16-9/h5-6,8H,3-4,7H2,1-2H3,(H,13,14). The average Bonchev–Trinajstić information content (AvgIpc) is 2.65. The molecule has 0 aliphatic heterocycles. The average molecular weight is 246 g/mol. The smallest absolute Gasteiger partial charge is 0.287 e. The number of carbonyl (C=O) groups excluding carboxylic acids is 1. The Morgan fingerprint density at radius 1 is 1.62 bits per heavy atom. The van der Waals surface area contributed by atoms with Gasteiger partial charge in [-0.05, 0) is 30.2 Å². The van der Waals surface area contributed by atoms with Crippen molar-refractivity contribution in [2.45, 2.75) is 25.8 Å². The highest BCUT2D eigenvalue weighted by molar-refractivity contribution is 6.29. The van der Waals surface area contributed by atoms with E-state index in [1.807, 2.05) is 0 Å². The van der Waals surface area contributed by atoms with Gasteiger partial charge in [0.2, 0.25) is 0 Å². The van der Waals surface area contributed by atoms with Gasteiger partial charge >= 0.3 is 0 Å². The molecule has 0 spiro atoms. The maximum Gasteiger partial charge on any atom is 0.287 e. The van der Waals surface area contributed by atoms with Crippen LogP contribution < -0.4 is 5.32 Å². The van der Waals surface area contributed by atoms with Gasteiger partial charge < -0.3 is 14.5 Å². The first-order valence-corrected chi connectivity index (χ1v) is 5.60. The molecule has 0 fully saturated rings. The van der Waals surface area contributed by atoms with Gasteiger partial charge in [0.15, 0.2) is 11.0 Å². The SMILES string of the molecule is CCCC(COC)NC(=O)c1ccc(Cl)o1. The summed E-state index contributed by atoms with van der Waals surface area (Å²) < 4.78 is 10.0. The van der Waals surface area contributed by atoms with E-state index in [2.05, 4.69) is 12.2 Å². The predicted octanol–water partition coefficient (Wildman–Crippen LogP) is 2.48. The fourth-order valence-electron chi connectivity index (χ4n) is 1.44. The number of hydrogen-bond donors (Lipinski definition) is 1. The highest BCUT2D eigenvalue weighted by Gasteiger charge is 2.15. The monoisotopic (exact) mass is 245 g/mol. The van der Waals surface area contributed by atoms with E-state index in [1.165, 1.54) is 0 Å². The van der Waals surface area contributed by atoms with Crippen LogP contribution in [0, 0.1) is 0 Å². The maximum atomic E-state index is 11.7. The van der Waals surface area contributed by atoms with Gasteiger partial charge in [0, 0.05) is 7.11 Å². The fraction of sp³-hybridized carbons (Fsp3) is 0.545. The highest BCUT2D eigenvalue weighted by atomic mass is 35.5. The molecule has 1 rings (SSSR count). The largest absolute Gasteiger partial charge is 0.440 e. The van der Waals surface area contributed by atoms with E-state index in [0.29, 0.717) is 6.61 Å². The molecule has 0 bridgehead atoms. The summed E-state index contributed by atoms with van der Waals surface area (Å²) in [4.78, 5) is 11.7. The lowest BCUT2D eigenvalue weighted by Crippen LogP contribution is -2.37. The van der Waals surface area contributed by atoms with Crippen LogP contribution >= 0.6 is 11.6 Å². The molecule has 0 saturated heterocycles. The molecular formula is C11H16ClNO3. The Hall–Kier alpha value is -1.00. The van der Waals surface area contributed by atoms with E-state index in [1.54, 1.807) is 19.2 Å². The molecular weight excluding hydrogens is 230 g/mol. The fourth-order valence-corrected chi connectivity index (χ4v) is 1.59. The number of halogens is 1.